The predicted molar refractivity (Wildman–Crippen MR) is 69.8 cm³/mol. The average molecular weight is 240 g/mol. The molecule has 17 heavy (non-hydrogen) atoms. The first-order chi connectivity index (χ1) is 8.10. The van der Waals surface area contributed by atoms with Crippen molar-refractivity contribution in [1.29, 1.82) is 0 Å². The SMILES string of the molecule is C/C=C(\C)[C@H](OCOC)[C@H](/C=C(\C)C=O)CC. The van der Waals surface area contributed by atoms with Crippen LogP contribution in [0.25, 0.3) is 0 Å². The maximum absolute atomic E-state index is 10.7. The predicted octanol–water partition coefficient (Wildman–Crippen LogP) is 3.11. The molecule has 3 heteroatoms. The maximum Gasteiger partial charge on any atom is 0.147 e. The van der Waals surface area contributed by atoms with E-state index in [4.69, 9.17) is 9.47 Å². The fraction of sp³-hybridized carbons (Fsp3) is 0.643. The topological polar surface area (TPSA) is 35.5 Å². The second-order valence-electron chi connectivity index (χ2n) is 4.13. The van der Waals surface area contributed by atoms with Crippen molar-refractivity contribution < 1.29 is 14.3 Å². The van der Waals surface area contributed by atoms with Crippen LogP contribution in [0.4, 0.5) is 0 Å². The van der Waals surface area contributed by atoms with Gasteiger partial charge >= 0.3 is 0 Å². The molecule has 0 bridgehead atoms. The van der Waals surface area contributed by atoms with E-state index in [1.54, 1.807) is 7.11 Å². The van der Waals surface area contributed by atoms with Crippen LogP contribution in [0.1, 0.15) is 34.1 Å². The van der Waals surface area contributed by atoms with Crippen molar-refractivity contribution in [2.45, 2.75) is 40.2 Å². The number of methoxy groups -OCH3 is 1. The first-order valence-electron chi connectivity index (χ1n) is 5.97. The Kier molecular flexibility index (Phi) is 8.64. The van der Waals surface area contributed by atoms with Crippen LogP contribution in [0.3, 0.4) is 0 Å². The van der Waals surface area contributed by atoms with E-state index in [0.29, 0.717) is 0 Å². The van der Waals surface area contributed by atoms with Crippen molar-refractivity contribution in [1.82, 2.24) is 0 Å². The Hall–Kier alpha value is -0.930. The van der Waals surface area contributed by atoms with Gasteiger partial charge in [0.1, 0.15) is 13.1 Å². The molecule has 0 amide bonds. The fourth-order valence-electron chi connectivity index (χ4n) is 1.69. The molecule has 2 atom stereocenters. The number of allylic oxidation sites excluding steroid dienone is 2. The minimum atomic E-state index is -0.0279. The molecule has 0 aliphatic carbocycles. The Labute approximate surface area is 104 Å². The lowest BCUT2D eigenvalue weighted by atomic mass is 9.92. The Balaban J connectivity index is 4.90. The molecule has 0 spiro atoms. The molecule has 0 saturated carbocycles. The largest absolute Gasteiger partial charge is 0.359 e. The second-order valence-corrected chi connectivity index (χ2v) is 4.13. The lowest BCUT2D eigenvalue weighted by Crippen LogP contribution is -2.25. The summed E-state index contributed by atoms with van der Waals surface area (Å²) in [7, 11) is 1.61. The maximum atomic E-state index is 10.7. The third-order valence-corrected chi connectivity index (χ3v) is 2.79. The molecule has 0 rings (SSSR count). The molecule has 0 saturated heterocycles. The Morgan fingerprint density at radius 3 is 2.41 bits per heavy atom. The molecule has 0 aliphatic heterocycles. The van der Waals surface area contributed by atoms with Crippen LogP contribution in [0.15, 0.2) is 23.3 Å². The van der Waals surface area contributed by atoms with Crippen LogP contribution >= 0.6 is 0 Å². The van der Waals surface area contributed by atoms with Crippen LogP contribution in [-0.2, 0) is 14.3 Å². The molecule has 98 valence electrons. The lowest BCUT2D eigenvalue weighted by molar-refractivity contribution is -0.104. The summed E-state index contributed by atoms with van der Waals surface area (Å²) in [6.07, 6.45) is 5.78. The van der Waals surface area contributed by atoms with E-state index < -0.39 is 0 Å². The first-order valence-corrected chi connectivity index (χ1v) is 5.97. The summed E-state index contributed by atoms with van der Waals surface area (Å²) in [4.78, 5) is 10.7. The molecule has 0 aromatic rings. The van der Waals surface area contributed by atoms with Crippen LogP contribution in [-0.4, -0.2) is 26.3 Å². The van der Waals surface area contributed by atoms with Gasteiger partial charge in [0, 0.05) is 13.0 Å². The van der Waals surface area contributed by atoms with E-state index in [2.05, 4.69) is 6.92 Å². The van der Waals surface area contributed by atoms with Crippen LogP contribution in [0.2, 0.25) is 0 Å². The lowest BCUT2D eigenvalue weighted by Gasteiger charge is -2.25. The molecule has 0 fully saturated rings. The molecule has 0 unspecified atom stereocenters. The molecule has 0 aliphatic rings. The van der Waals surface area contributed by atoms with Crippen molar-refractivity contribution in [3.63, 3.8) is 0 Å². The van der Waals surface area contributed by atoms with E-state index in [9.17, 15) is 4.79 Å². The van der Waals surface area contributed by atoms with Crippen molar-refractivity contribution in [3.8, 4) is 0 Å². The number of carbonyl (C=O) groups is 1. The summed E-state index contributed by atoms with van der Waals surface area (Å²) in [5, 5.41) is 0. The van der Waals surface area contributed by atoms with Gasteiger partial charge < -0.3 is 9.47 Å². The molecular weight excluding hydrogens is 216 g/mol. The summed E-state index contributed by atoms with van der Waals surface area (Å²) in [6.45, 7) is 8.19. The zero-order chi connectivity index (χ0) is 13.3. The Morgan fingerprint density at radius 2 is 2.00 bits per heavy atom. The zero-order valence-electron chi connectivity index (χ0n) is 11.5. The van der Waals surface area contributed by atoms with E-state index in [1.165, 1.54) is 0 Å². The molecule has 0 N–H and O–H groups in total. The van der Waals surface area contributed by atoms with Crippen LogP contribution in [0.5, 0.6) is 0 Å². The van der Waals surface area contributed by atoms with Gasteiger partial charge in [-0.25, -0.2) is 0 Å². The van der Waals surface area contributed by atoms with Crippen LogP contribution in [0, 0.1) is 5.92 Å². The fourth-order valence-corrected chi connectivity index (χ4v) is 1.69. The molecule has 0 aromatic heterocycles. The molecule has 0 radical (unpaired) electrons. The van der Waals surface area contributed by atoms with Gasteiger partial charge in [0.15, 0.2) is 0 Å². The van der Waals surface area contributed by atoms with Gasteiger partial charge in [0.2, 0.25) is 0 Å². The highest BCUT2D eigenvalue weighted by Crippen LogP contribution is 2.22. The van der Waals surface area contributed by atoms with E-state index >= 15 is 0 Å². The van der Waals surface area contributed by atoms with Gasteiger partial charge in [-0.2, -0.15) is 0 Å². The number of hydrogen-bond donors (Lipinski definition) is 0. The van der Waals surface area contributed by atoms with Crippen molar-refractivity contribution in [2.24, 2.45) is 5.92 Å². The van der Waals surface area contributed by atoms with Gasteiger partial charge in [-0.15, -0.1) is 0 Å². The quantitative estimate of drug-likeness (QED) is 0.283. The summed E-state index contributed by atoms with van der Waals surface area (Å²) < 4.78 is 10.6. The van der Waals surface area contributed by atoms with Crippen molar-refractivity contribution in [3.05, 3.63) is 23.3 Å². The van der Waals surface area contributed by atoms with Gasteiger partial charge in [-0.05, 0) is 38.3 Å². The summed E-state index contributed by atoms with van der Waals surface area (Å²) in [5.74, 6) is 0.201. The zero-order valence-corrected chi connectivity index (χ0v) is 11.5. The number of carbonyl (C=O) groups excluding carboxylic acids is 1. The monoisotopic (exact) mass is 240 g/mol. The minimum absolute atomic E-state index is 0.0279. The van der Waals surface area contributed by atoms with Gasteiger partial charge in [-0.1, -0.05) is 19.1 Å². The van der Waals surface area contributed by atoms with Gasteiger partial charge in [-0.3, -0.25) is 4.79 Å². The Morgan fingerprint density at radius 1 is 1.35 bits per heavy atom. The summed E-state index contributed by atoms with van der Waals surface area (Å²) in [6, 6.07) is 0. The number of ether oxygens (including phenoxy) is 2. The van der Waals surface area contributed by atoms with Crippen LogP contribution < -0.4 is 0 Å². The van der Waals surface area contributed by atoms with E-state index in [1.807, 2.05) is 32.9 Å². The average Bonchev–Trinajstić information content (AvgIpc) is 2.36. The van der Waals surface area contributed by atoms with Gasteiger partial charge in [0.05, 0.1) is 6.10 Å². The Bertz CT molecular complexity index is 279. The minimum Gasteiger partial charge on any atom is -0.359 e. The number of aldehydes is 1. The standard InChI is InChI=1S/C14H24O3/c1-6-12(4)14(17-10-16-5)13(7-2)8-11(3)9-15/h6,8-9,13-14H,7,10H2,1-5H3/b11-8+,12-6+/t13-,14-/m0/s1. The first kappa shape index (κ1) is 16.1. The highest BCUT2D eigenvalue weighted by molar-refractivity contribution is 5.72. The second kappa shape index (κ2) is 9.14. The van der Waals surface area contributed by atoms with E-state index in [0.717, 1.165) is 23.9 Å². The molecular formula is C14H24O3. The third kappa shape index (κ3) is 5.80. The molecule has 0 aromatic carbocycles. The van der Waals surface area contributed by atoms with Gasteiger partial charge in [0.25, 0.3) is 0 Å². The van der Waals surface area contributed by atoms with Crippen molar-refractivity contribution in [2.75, 3.05) is 13.9 Å². The highest BCUT2D eigenvalue weighted by atomic mass is 16.7. The highest BCUT2D eigenvalue weighted by Gasteiger charge is 2.20. The normalized spacial score (nSPS) is 16.8. The number of hydrogen-bond acceptors (Lipinski definition) is 3. The van der Waals surface area contributed by atoms with Crippen molar-refractivity contribution >= 4 is 6.29 Å². The summed E-state index contributed by atoms with van der Waals surface area (Å²) in [5.41, 5.74) is 1.90. The number of rotatable bonds is 8. The third-order valence-electron chi connectivity index (χ3n) is 2.79. The smallest absolute Gasteiger partial charge is 0.147 e. The molecule has 3 nitrogen and oxygen atoms in total. The summed E-state index contributed by atoms with van der Waals surface area (Å²) >= 11 is 0. The molecule has 0 heterocycles. The van der Waals surface area contributed by atoms with E-state index in [-0.39, 0.29) is 18.8 Å².